The fourth-order valence-electron chi connectivity index (χ4n) is 9.10. The van der Waals surface area contributed by atoms with Crippen molar-refractivity contribution in [1.82, 2.24) is 0 Å². The van der Waals surface area contributed by atoms with Crippen LogP contribution >= 0.6 is 0 Å². The van der Waals surface area contributed by atoms with E-state index in [0.717, 1.165) is 51.4 Å². The molecule has 0 radical (unpaired) electrons. The van der Waals surface area contributed by atoms with Gasteiger partial charge < -0.3 is 14.6 Å². The van der Waals surface area contributed by atoms with Gasteiger partial charge in [-0.25, -0.2) is 0 Å². The van der Waals surface area contributed by atoms with E-state index >= 15 is 0 Å². The SMILES string of the molecule is C[C@H](CCC(=O)O)[C@H]1CCC2C3C(CC[C@@]21C)[C@@]1(C)CC[C@@H](OC=O)CC1C[C@H]3OC=O. The van der Waals surface area contributed by atoms with E-state index in [-0.39, 0.29) is 29.5 Å². The number of rotatable bonds is 8. The van der Waals surface area contributed by atoms with Gasteiger partial charge in [0, 0.05) is 12.3 Å². The number of carbonyl (C=O) groups is 3. The van der Waals surface area contributed by atoms with E-state index in [1.54, 1.807) is 0 Å². The average molecular weight is 449 g/mol. The first-order valence-electron chi connectivity index (χ1n) is 12.6. The number of fused-ring (bicyclic) bond motifs is 5. The second-order valence-corrected chi connectivity index (χ2v) is 11.8. The number of carboxylic acids is 1. The molecule has 0 amide bonds. The zero-order valence-corrected chi connectivity index (χ0v) is 19.8. The maximum Gasteiger partial charge on any atom is 0.303 e. The van der Waals surface area contributed by atoms with Crippen LogP contribution in [-0.2, 0) is 23.9 Å². The number of ether oxygens (including phenoxy) is 2. The highest BCUT2D eigenvalue weighted by atomic mass is 16.5. The van der Waals surface area contributed by atoms with Gasteiger partial charge in [0.05, 0.1) is 0 Å². The molecule has 4 unspecified atom stereocenters. The van der Waals surface area contributed by atoms with Crippen LogP contribution in [0.3, 0.4) is 0 Å². The summed E-state index contributed by atoms with van der Waals surface area (Å²) in [6.45, 7) is 8.33. The Labute approximate surface area is 191 Å². The van der Waals surface area contributed by atoms with E-state index < -0.39 is 5.97 Å². The highest BCUT2D eigenvalue weighted by Crippen LogP contribution is 2.68. The lowest BCUT2D eigenvalue weighted by Gasteiger charge is -2.62. The van der Waals surface area contributed by atoms with Crippen molar-refractivity contribution in [2.45, 2.75) is 97.2 Å². The summed E-state index contributed by atoms with van der Waals surface area (Å²) < 4.78 is 11.1. The van der Waals surface area contributed by atoms with Gasteiger partial charge in [-0.3, -0.25) is 14.4 Å². The molecular formula is C26H40O6. The number of carboxylic acid groups (broad SMARTS) is 1. The Hall–Kier alpha value is -1.59. The van der Waals surface area contributed by atoms with Gasteiger partial charge >= 0.3 is 5.97 Å². The summed E-state index contributed by atoms with van der Waals surface area (Å²) >= 11 is 0. The van der Waals surface area contributed by atoms with Gasteiger partial charge in [0.25, 0.3) is 12.9 Å². The van der Waals surface area contributed by atoms with Crippen molar-refractivity contribution in [3.8, 4) is 0 Å². The van der Waals surface area contributed by atoms with Gasteiger partial charge in [0.15, 0.2) is 0 Å². The molecule has 0 spiro atoms. The number of carbonyl (C=O) groups excluding carboxylic acids is 2. The quantitative estimate of drug-likeness (QED) is 0.535. The first-order valence-corrected chi connectivity index (χ1v) is 12.6. The van der Waals surface area contributed by atoms with Crippen molar-refractivity contribution in [1.29, 1.82) is 0 Å². The highest BCUT2D eigenvalue weighted by molar-refractivity contribution is 5.66. The lowest BCUT2D eigenvalue weighted by Crippen LogP contribution is -2.59. The van der Waals surface area contributed by atoms with Gasteiger partial charge in [0.2, 0.25) is 0 Å². The van der Waals surface area contributed by atoms with Crippen LogP contribution in [0.4, 0.5) is 0 Å². The summed E-state index contributed by atoms with van der Waals surface area (Å²) in [5, 5.41) is 9.16. The van der Waals surface area contributed by atoms with Crippen molar-refractivity contribution in [2.75, 3.05) is 0 Å². The van der Waals surface area contributed by atoms with Gasteiger partial charge in [-0.05, 0) is 98.2 Å². The maximum atomic E-state index is 11.5. The predicted octanol–water partition coefficient (Wildman–Crippen LogP) is 4.84. The van der Waals surface area contributed by atoms with Crippen LogP contribution in [0.15, 0.2) is 0 Å². The molecule has 6 nitrogen and oxygen atoms in total. The summed E-state index contributed by atoms with van der Waals surface area (Å²) in [5.41, 5.74) is 0.384. The minimum atomic E-state index is -0.708. The third-order valence-electron chi connectivity index (χ3n) is 10.7. The topological polar surface area (TPSA) is 89.9 Å². The van der Waals surface area contributed by atoms with Crippen LogP contribution in [0.2, 0.25) is 0 Å². The Kier molecular flexibility index (Phi) is 6.61. The molecule has 0 saturated heterocycles. The van der Waals surface area contributed by atoms with E-state index in [1.165, 1.54) is 6.42 Å². The molecule has 0 aromatic heterocycles. The molecule has 32 heavy (non-hydrogen) atoms. The molecule has 4 rings (SSSR count). The monoisotopic (exact) mass is 448 g/mol. The standard InChI is InChI=1S/C26H40O6/c1-16(4-7-23(29)30)19-5-6-20-24-21(9-11-26(19,20)3)25(2)10-8-18(31-14-27)12-17(25)13-22(24)32-15-28/h14-22,24H,4-13H2,1-3H3,(H,29,30)/t16-,17?,18-,19-,20?,21?,22-,24?,25+,26-/m1/s1. The molecule has 0 aliphatic heterocycles. The van der Waals surface area contributed by atoms with Crippen LogP contribution in [0.25, 0.3) is 0 Å². The minimum Gasteiger partial charge on any atom is -0.481 e. The summed E-state index contributed by atoms with van der Waals surface area (Å²) in [6.07, 6.45) is 9.23. The van der Waals surface area contributed by atoms with Crippen molar-refractivity contribution in [2.24, 2.45) is 46.3 Å². The van der Waals surface area contributed by atoms with E-state index in [2.05, 4.69) is 20.8 Å². The molecule has 4 saturated carbocycles. The first kappa shape index (κ1) is 23.6. The fraction of sp³-hybridized carbons (Fsp3) is 0.885. The molecule has 0 aromatic rings. The van der Waals surface area contributed by atoms with Crippen LogP contribution < -0.4 is 0 Å². The van der Waals surface area contributed by atoms with E-state index in [9.17, 15) is 14.4 Å². The fourth-order valence-corrected chi connectivity index (χ4v) is 9.10. The van der Waals surface area contributed by atoms with Crippen LogP contribution in [0.5, 0.6) is 0 Å². The number of hydrogen-bond acceptors (Lipinski definition) is 5. The van der Waals surface area contributed by atoms with Crippen LogP contribution in [0.1, 0.15) is 85.0 Å². The van der Waals surface area contributed by atoms with E-state index in [1.807, 2.05) is 0 Å². The molecule has 6 heteroatoms. The Balaban J connectivity index is 1.58. The second-order valence-electron chi connectivity index (χ2n) is 11.8. The molecule has 4 aliphatic carbocycles. The van der Waals surface area contributed by atoms with Gasteiger partial charge in [-0.1, -0.05) is 20.8 Å². The molecule has 0 bridgehead atoms. The lowest BCUT2D eigenvalue weighted by atomic mass is 9.43. The Morgan fingerprint density at radius 3 is 2.38 bits per heavy atom. The summed E-state index contributed by atoms with van der Waals surface area (Å²) in [5.74, 6) is 2.04. The smallest absolute Gasteiger partial charge is 0.303 e. The molecular weight excluding hydrogens is 408 g/mol. The first-order chi connectivity index (χ1) is 15.2. The Morgan fingerprint density at radius 2 is 1.69 bits per heavy atom. The summed E-state index contributed by atoms with van der Waals surface area (Å²) in [4.78, 5) is 33.6. The van der Waals surface area contributed by atoms with Crippen molar-refractivity contribution in [3.05, 3.63) is 0 Å². The third-order valence-corrected chi connectivity index (χ3v) is 10.7. The molecule has 4 fully saturated rings. The number of aliphatic carboxylic acids is 1. The summed E-state index contributed by atoms with van der Waals surface area (Å²) in [7, 11) is 0. The zero-order chi connectivity index (χ0) is 23.1. The third kappa shape index (κ3) is 3.86. The van der Waals surface area contributed by atoms with Gasteiger partial charge in [-0.2, -0.15) is 0 Å². The molecule has 180 valence electrons. The van der Waals surface area contributed by atoms with Gasteiger partial charge in [-0.15, -0.1) is 0 Å². The lowest BCUT2D eigenvalue weighted by molar-refractivity contribution is -0.190. The molecule has 1 N–H and O–H groups in total. The Bertz CT molecular complexity index is 723. The highest BCUT2D eigenvalue weighted by Gasteiger charge is 2.63. The molecule has 10 atom stereocenters. The largest absolute Gasteiger partial charge is 0.481 e. The van der Waals surface area contributed by atoms with Crippen LogP contribution in [0, 0.1) is 46.3 Å². The van der Waals surface area contributed by atoms with Crippen molar-refractivity contribution < 1.29 is 29.0 Å². The van der Waals surface area contributed by atoms with E-state index in [4.69, 9.17) is 14.6 Å². The van der Waals surface area contributed by atoms with Crippen LogP contribution in [-0.4, -0.2) is 36.2 Å². The number of hydrogen-bond donors (Lipinski definition) is 1. The normalized spacial score (nSPS) is 46.2. The Morgan fingerprint density at radius 1 is 1.00 bits per heavy atom. The second kappa shape index (κ2) is 8.98. The van der Waals surface area contributed by atoms with Gasteiger partial charge in [0.1, 0.15) is 12.2 Å². The van der Waals surface area contributed by atoms with Crippen molar-refractivity contribution in [3.63, 3.8) is 0 Å². The summed E-state index contributed by atoms with van der Waals surface area (Å²) in [6, 6.07) is 0. The maximum absolute atomic E-state index is 11.5. The predicted molar refractivity (Wildman–Crippen MR) is 119 cm³/mol. The van der Waals surface area contributed by atoms with E-state index in [0.29, 0.717) is 48.5 Å². The average Bonchev–Trinajstić information content (AvgIpc) is 3.10. The van der Waals surface area contributed by atoms with Crippen molar-refractivity contribution >= 4 is 18.9 Å². The molecule has 0 heterocycles. The molecule has 4 aliphatic rings. The molecule has 0 aromatic carbocycles. The minimum absolute atomic E-state index is 0.0150. The zero-order valence-electron chi connectivity index (χ0n) is 19.8.